The van der Waals surface area contributed by atoms with Gasteiger partial charge in [0.05, 0.1) is 5.41 Å². The lowest BCUT2D eigenvalue weighted by molar-refractivity contribution is -0.124. The maximum absolute atomic E-state index is 14.1. The molecule has 1 aliphatic carbocycles. The van der Waals surface area contributed by atoms with E-state index in [1.54, 1.807) is 42.5 Å². The van der Waals surface area contributed by atoms with Crippen LogP contribution in [0.2, 0.25) is 5.02 Å². The third-order valence-corrected chi connectivity index (χ3v) is 4.35. The molecule has 0 spiro atoms. The van der Waals surface area contributed by atoms with Crippen molar-refractivity contribution in [2.24, 2.45) is 0 Å². The van der Waals surface area contributed by atoms with E-state index in [2.05, 4.69) is 5.32 Å². The van der Waals surface area contributed by atoms with E-state index < -0.39 is 5.41 Å². The molecule has 1 saturated carbocycles. The van der Waals surface area contributed by atoms with Crippen LogP contribution in [0.3, 0.4) is 0 Å². The van der Waals surface area contributed by atoms with E-state index in [1.165, 1.54) is 6.07 Å². The van der Waals surface area contributed by atoms with E-state index >= 15 is 0 Å². The molecular weight excluding hydrogens is 289 g/mol. The standard InChI is InChI=1S/C17H15ClFNO/c18-12-5-3-6-13(11-12)20-16(21)17(9-4-10-17)14-7-1-2-8-15(14)19/h1-3,5-8,11H,4,9-10H2,(H,20,21). The van der Waals surface area contributed by atoms with Crippen molar-refractivity contribution < 1.29 is 9.18 Å². The van der Waals surface area contributed by atoms with Gasteiger partial charge in [0.2, 0.25) is 5.91 Å². The topological polar surface area (TPSA) is 29.1 Å². The summed E-state index contributed by atoms with van der Waals surface area (Å²) in [4.78, 5) is 12.7. The minimum absolute atomic E-state index is 0.166. The van der Waals surface area contributed by atoms with Gasteiger partial charge in [-0.2, -0.15) is 0 Å². The summed E-state index contributed by atoms with van der Waals surface area (Å²) in [5, 5.41) is 3.42. The maximum atomic E-state index is 14.1. The number of nitrogens with one attached hydrogen (secondary N) is 1. The maximum Gasteiger partial charge on any atom is 0.235 e. The summed E-state index contributed by atoms with van der Waals surface area (Å²) in [6.45, 7) is 0. The molecule has 0 radical (unpaired) electrons. The molecule has 1 fully saturated rings. The number of hydrogen-bond donors (Lipinski definition) is 1. The number of rotatable bonds is 3. The molecule has 108 valence electrons. The summed E-state index contributed by atoms with van der Waals surface area (Å²) in [6.07, 6.45) is 2.26. The fourth-order valence-corrected chi connectivity index (χ4v) is 3.01. The summed E-state index contributed by atoms with van der Waals surface area (Å²) >= 11 is 5.92. The van der Waals surface area contributed by atoms with Crippen molar-refractivity contribution in [1.29, 1.82) is 0 Å². The summed E-state index contributed by atoms with van der Waals surface area (Å²) in [6, 6.07) is 13.5. The molecule has 2 aromatic carbocycles. The predicted molar refractivity (Wildman–Crippen MR) is 82.0 cm³/mol. The molecule has 1 amide bonds. The van der Waals surface area contributed by atoms with Crippen molar-refractivity contribution in [3.8, 4) is 0 Å². The molecule has 0 aromatic heterocycles. The molecular formula is C17H15ClFNO. The van der Waals surface area contributed by atoms with Crippen molar-refractivity contribution in [3.63, 3.8) is 0 Å². The second kappa shape index (κ2) is 5.49. The molecule has 0 aliphatic heterocycles. The zero-order chi connectivity index (χ0) is 14.9. The molecule has 0 saturated heterocycles. The van der Waals surface area contributed by atoms with Crippen LogP contribution in [0.4, 0.5) is 10.1 Å². The van der Waals surface area contributed by atoms with Crippen LogP contribution in [0.1, 0.15) is 24.8 Å². The molecule has 21 heavy (non-hydrogen) atoms. The van der Waals surface area contributed by atoms with Crippen LogP contribution in [-0.2, 0) is 10.2 Å². The average Bonchev–Trinajstić information content (AvgIpc) is 2.39. The SMILES string of the molecule is O=C(Nc1cccc(Cl)c1)C1(c2ccccc2F)CCC1. The van der Waals surface area contributed by atoms with Crippen LogP contribution in [0.25, 0.3) is 0 Å². The van der Waals surface area contributed by atoms with Crippen LogP contribution >= 0.6 is 11.6 Å². The highest BCUT2D eigenvalue weighted by Crippen LogP contribution is 2.45. The highest BCUT2D eigenvalue weighted by atomic mass is 35.5. The molecule has 3 rings (SSSR count). The first kappa shape index (κ1) is 14.1. The molecule has 0 unspecified atom stereocenters. The van der Waals surface area contributed by atoms with E-state index in [0.717, 1.165) is 6.42 Å². The number of carbonyl (C=O) groups excluding carboxylic acids is 1. The van der Waals surface area contributed by atoms with Gasteiger partial charge < -0.3 is 5.32 Å². The number of carbonyl (C=O) groups is 1. The first-order valence-electron chi connectivity index (χ1n) is 6.94. The van der Waals surface area contributed by atoms with Crippen molar-refractivity contribution in [1.82, 2.24) is 0 Å². The van der Waals surface area contributed by atoms with E-state index in [-0.39, 0.29) is 11.7 Å². The Kier molecular flexibility index (Phi) is 3.68. The van der Waals surface area contributed by atoms with Crippen molar-refractivity contribution in [3.05, 3.63) is 64.9 Å². The third-order valence-electron chi connectivity index (χ3n) is 4.11. The molecule has 1 aliphatic rings. The highest BCUT2D eigenvalue weighted by molar-refractivity contribution is 6.30. The fraction of sp³-hybridized carbons (Fsp3) is 0.235. The second-order valence-electron chi connectivity index (χ2n) is 5.38. The molecule has 4 heteroatoms. The Hall–Kier alpha value is -1.87. The Labute approximate surface area is 127 Å². The zero-order valence-corrected chi connectivity index (χ0v) is 12.2. The summed E-state index contributed by atoms with van der Waals surface area (Å²) in [7, 11) is 0. The fourth-order valence-electron chi connectivity index (χ4n) is 2.82. The minimum atomic E-state index is -0.756. The van der Waals surface area contributed by atoms with Gasteiger partial charge in [-0.05, 0) is 37.1 Å². The number of anilines is 1. The molecule has 0 atom stereocenters. The zero-order valence-electron chi connectivity index (χ0n) is 11.4. The summed E-state index contributed by atoms with van der Waals surface area (Å²) < 4.78 is 14.1. The van der Waals surface area contributed by atoms with Gasteiger partial charge in [0.25, 0.3) is 0 Å². The Morgan fingerprint density at radius 2 is 1.90 bits per heavy atom. The highest BCUT2D eigenvalue weighted by Gasteiger charge is 2.47. The molecule has 1 N–H and O–H groups in total. The van der Waals surface area contributed by atoms with Gasteiger partial charge in [-0.1, -0.05) is 42.3 Å². The largest absolute Gasteiger partial charge is 0.325 e. The quantitative estimate of drug-likeness (QED) is 0.886. The Balaban J connectivity index is 1.90. The van der Waals surface area contributed by atoms with Gasteiger partial charge in [-0.3, -0.25) is 4.79 Å². The molecule has 2 nitrogen and oxygen atoms in total. The summed E-state index contributed by atoms with van der Waals surface area (Å²) in [5.74, 6) is -0.487. The first-order chi connectivity index (χ1) is 10.1. The monoisotopic (exact) mass is 303 g/mol. The predicted octanol–water partition coefficient (Wildman–Crippen LogP) is 4.54. The van der Waals surface area contributed by atoms with Gasteiger partial charge in [0, 0.05) is 16.3 Å². The molecule has 2 aromatic rings. The number of amides is 1. The molecule has 0 bridgehead atoms. The van der Waals surface area contributed by atoms with Crippen LogP contribution in [0.5, 0.6) is 0 Å². The Morgan fingerprint density at radius 1 is 1.14 bits per heavy atom. The second-order valence-corrected chi connectivity index (χ2v) is 5.82. The number of halogens is 2. The lowest BCUT2D eigenvalue weighted by atomic mass is 9.63. The Bertz CT molecular complexity index is 682. The average molecular weight is 304 g/mol. The van der Waals surface area contributed by atoms with Crippen LogP contribution in [0.15, 0.2) is 48.5 Å². The number of benzene rings is 2. The normalized spacial score (nSPS) is 16.1. The first-order valence-corrected chi connectivity index (χ1v) is 7.32. The van der Waals surface area contributed by atoms with E-state index in [0.29, 0.717) is 29.1 Å². The van der Waals surface area contributed by atoms with E-state index in [9.17, 15) is 9.18 Å². The van der Waals surface area contributed by atoms with Crippen molar-refractivity contribution >= 4 is 23.2 Å². The third kappa shape index (κ3) is 2.54. The smallest absolute Gasteiger partial charge is 0.235 e. The van der Waals surface area contributed by atoms with Gasteiger partial charge in [0.1, 0.15) is 5.82 Å². The van der Waals surface area contributed by atoms with E-state index in [4.69, 9.17) is 11.6 Å². The van der Waals surface area contributed by atoms with Gasteiger partial charge >= 0.3 is 0 Å². The minimum Gasteiger partial charge on any atom is -0.325 e. The van der Waals surface area contributed by atoms with Crippen molar-refractivity contribution in [2.75, 3.05) is 5.32 Å². The van der Waals surface area contributed by atoms with E-state index in [1.807, 2.05) is 0 Å². The van der Waals surface area contributed by atoms with Crippen LogP contribution < -0.4 is 5.32 Å². The van der Waals surface area contributed by atoms with Gasteiger partial charge in [0.15, 0.2) is 0 Å². The van der Waals surface area contributed by atoms with Gasteiger partial charge in [-0.25, -0.2) is 4.39 Å². The van der Waals surface area contributed by atoms with Crippen LogP contribution in [-0.4, -0.2) is 5.91 Å². The lowest BCUT2D eigenvalue weighted by Crippen LogP contribution is -2.46. The lowest BCUT2D eigenvalue weighted by Gasteiger charge is -2.40. The molecule has 0 heterocycles. The Morgan fingerprint density at radius 3 is 2.52 bits per heavy atom. The van der Waals surface area contributed by atoms with Crippen LogP contribution in [0, 0.1) is 5.82 Å². The summed E-state index contributed by atoms with van der Waals surface area (Å²) in [5.41, 5.74) is 0.360. The number of hydrogen-bond acceptors (Lipinski definition) is 1. The van der Waals surface area contributed by atoms with Crippen molar-refractivity contribution in [2.45, 2.75) is 24.7 Å². The van der Waals surface area contributed by atoms with Gasteiger partial charge in [-0.15, -0.1) is 0 Å².